The summed E-state index contributed by atoms with van der Waals surface area (Å²) in [5.74, 6) is 0. The van der Waals surface area contributed by atoms with Gasteiger partial charge in [0.2, 0.25) is 10.0 Å². The SMILES string of the molecule is O=S(=O)(NCC1CCCN1)c1ccc(C(F)(F)F)cc1. The minimum absolute atomic E-state index is 0.0826. The van der Waals surface area contributed by atoms with Crippen LogP contribution >= 0.6 is 0 Å². The lowest BCUT2D eigenvalue weighted by molar-refractivity contribution is -0.137. The molecule has 0 aromatic heterocycles. The molecule has 0 aliphatic carbocycles. The molecule has 1 aromatic carbocycles. The quantitative estimate of drug-likeness (QED) is 0.891. The summed E-state index contributed by atoms with van der Waals surface area (Å²) in [4.78, 5) is -0.163. The van der Waals surface area contributed by atoms with E-state index in [4.69, 9.17) is 0 Å². The summed E-state index contributed by atoms with van der Waals surface area (Å²) in [6, 6.07) is 3.55. The van der Waals surface area contributed by atoms with Crippen molar-refractivity contribution in [3.63, 3.8) is 0 Å². The Kier molecular flexibility index (Phi) is 4.36. The monoisotopic (exact) mass is 308 g/mol. The van der Waals surface area contributed by atoms with E-state index < -0.39 is 21.8 Å². The Morgan fingerprint density at radius 1 is 1.25 bits per heavy atom. The zero-order valence-corrected chi connectivity index (χ0v) is 11.4. The van der Waals surface area contributed by atoms with E-state index in [0.717, 1.165) is 43.7 Å². The van der Waals surface area contributed by atoms with Crippen molar-refractivity contribution in [3.05, 3.63) is 29.8 Å². The molecule has 1 fully saturated rings. The van der Waals surface area contributed by atoms with Crippen LogP contribution in [-0.2, 0) is 16.2 Å². The van der Waals surface area contributed by atoms with E-state index in [0.29, 0.717) is 0 Å². The van der Waals surface area contributed by atoms with Crippen LogP contribution < -0.4 is 10.0 Å². The molecule has 1 saturated heterocycles. The molecule has 0 amide bonds. The van der Waals surface area contributed by atoms with Crippen LogP contribution in [0.4, 0.5) is 13.2 Å². The van der Waals surface area contributed by atoms with Crippen LogP contribution in [0.2, 0.25) is 0 Å². The Balaban J connectivity index is 2.05. The first kappa shape index (κ1) is 15.3. The maximum atomic E-state index is 12.4. The van der Waals surface area contributed by atoms with Gasteiger partial charge in [0, 0.05) is 12.6 Å². The molecule has 1 unspecified atom stereocenters. The number of hydrogen-bond donors (Lipinski definition) is 2. The summed E-state index contributed by atoms with van der Waals surface area (Å²) in [6.07, 6.45) is -2.59. The standard InChI is InChI=1S/C12H15F3N2O2S/c13-12(14,15)9-3-5-11(6-4-9)20(18,19)17-8-10-2-1-7-16-10/h3-6,10,16-17H,1-2,7-8H2. The molecule has 1 atom stereocenters. The van der Waals surface area contributed by atoms with Crippen molar-refractivity contribution >= 4 is 10.0 Å². The topological polar surface area (TPSA) is 58.2 Å². The minimum Gasteiger partial charge on any atom is -0.313 e. The van der Waals surface area contributed by atoms with Gasteiger partial charge in [0.05, 0.1) is 10.5 Å². The summed E-state index contributed by atoms with van der Waals surface area (Å²) >= 11 is 0. The fraction of sp³-hybridized carbons (Fsp3) is 0.500. The molecule has 1 aliphatic heterocycles. The first-order valence-corrected chi connectivity index (χ1v) is 7.68. The minimum atomic E-state index is -4.47. The maximum Gasteiger partial charge on any atom is 0.416 e. The van der Waals surface area contributed by atoms with Crippen molar-refractivity contribution in [1.29, 1.82) is 0 Å². The number of hydrogen-bond acceptors (Lipinski definition) is 3. The van der Waals surface area contributed by atoms with Crippen LogP contribution in [0.25, 0.3) is 0 Å². The highest BCUT2D eigenvalue weighted by Crippen LogP contribution is 2.29. The van der Waals surface area contributed by atoms with Crippen LogP contribution in [0.5, 0.6) is 0 Å². The predicted molar refractivity (Wildman–Crippen MR) is 67.7 cm³/mol. The smallest absolute Gasteiger partial charge is 0.313 e. The normalized spacial score (nSPS) is 20.2. The first-order chi connectivity index (χ1) is 9.29. The zero-order chi connectivity index (χ0) is 14.8. The molecule has 0 bridgehead atoms. The number of sulfonamides is 1. The second-order valence-electron chi connectivity index (χ2n) is 4.67. The third kappa shape index (κ3) is 3.71. The summed E-state index contributed by atoms with van der Waals surface area (Å²) in [6.45, 7) is 1.09. The van der Waals surface area contributed by atoms with Crippen molar-refractivity contribution < 1.29 is 21.6 Å². The third-order valence-corrected chi connectivity index (χ3v) is 4.61. The molecule has 0 radical (unpaired) electrons. The highest BCUT2D eigenvalue weighted by Gasteiger charge is 2.30. The van der Waals surface area contributed by atoms with E-state index in [1.807, 2.05) is 0 Å². The largest absolute Gasteiger partial charge is 0.416 e. The van der Waals surface area contributed by atoms with Gasteiger partial charge in [-0.25, -0.2) is 13.1 Å². The van der Waals surface area contributed by atoms with E-state index in [2.05, 4.69) is 10.0 Å². The van der Waals surface area contributed by atoms with Crippen molar-refractivity contribution in [3.8, 4) is 0 Å². The highest BCUT2D eigenvalue weighted by molar-refractivity contribution is 7.89. The first-order valence-electron chi connectivity index (χ1n) is 6.19. The molecular formula is C12H15F3N2O2S. The van der Waals surface area contributed by atoms with E-state index in [1.54, 1.807) is 0 Å². The number of rotatable bonds is 4. The Morgan fingerprint density at radius 3 is 2.40 bits per heavy atom. The van der Waals surface area contributed by atoms with Crippen LogP contribution in [0.3, 0.4) is 0 Å². The van der Waals surface area contributed by atoms with Crippen LogP contribution in [0, 0.1) is 0 Å². The summed E-state index contributed by atoms with van der Waals surface area (Å²) in [7, 11) is -3.77. The molecule has 20 heavy (non-hydrogen) atoms. The lowest BCUT2D eigenvalue weighted by atomic mass is 10.2. The molecule has 1 aliphatic rings. The van der Waals surface area contributed by atoms with Gasteiger partial charge < -0.3 is 5.32 Å². The molecule has 1 heterocycles. The molecule has 2 rings (SSSR count). The van der Waals surface area contributed by atoms with Crippen molar-refractivity contribution in [2.24, 2.45) is 0 Å². The average Bonchev–Trinajstić information content (AvgIpc) is 2.89. The third-order valence-electron chi connectivity index (χ3n) is 3.17. The highest BCUT2D eigenvalue weighted by atomic mass is 32.2. The van der Waals surface area contributed by atoms with Crippen LogP contribution in [-0.4, -0.2) is 27.5 Å². The molecule has 2 N–H and O–H groups in total. The van der Waals surface area contributed by atoms with Gasteiger partial charge in [-0.1, -0.05) is 0 Å². The zero-order valence-electron chi connectivity index (χ0n) is 10.6. The number of alkyl halides is 3. The van der Waals surface area contributed by atoms with Gasteiger partial charge in [0.1, 0.15) is 0 Å². The molecular weight excluding hydrogens is 293 g/mol. The van der Waals surface area contributed by atoms with Crippen LogP contribution in [0.15, 0.2) is 29.2 Å². The van der Waals surface area contributed by atoms with Gasteiger partial charge >= 0.3 is 6.18 Å². The number of nitrogens with one attached hydrogen (secondary N) is 2. The average molecular weight is 308 g/mol. The Hall–Kier alpha value is -1.12. The number of halogens is 3. The Bertz CT molecular complexity index is 549. The van der Waals surface area contributed by atoms with Gasteiger partial charge in [-0.05, 0) is 43.7 Å². The molecule has 0 saturated carbocycles. The van der Waals surface area contributed by atoms with E-state index in [9.17, 15) is 21.6 Å². The summed E-state index contributed by atoms with van der Waals surface area (Å²) in [5.41, 5.74) is -0.867. The molecule has 8 heteroatoms. The second-order valence-corrected chi connectivity index (χ2v) is 6.43. The number of benzene rings is 1. The maximum absolute atomic E-state index is 12.4. The van der Waals surface area contributed by atoms with Gasteiger partial charge in [-0.2, -0.15) is 13.2 Å². The van der Waals surface area contributed by atoms with Crippen LogP contribution in [0.1, 0.15) is 18.4 Å². The van der Waals surface area contributed by atoms with E-state index >= 15 is 0 Å². The fourth-order valence-electron chi connectivity index (χ4n) is 2.05. The molecule has 4 nitrogen and oxygen atoms in total. The van der Waals surface area contributed by atoms with Gasteiger partial charge in [-0.15, -0.1) is 0 Å². The summed E-state index contributed by atoms with van der Waals surface area (Å²) in [5, 5.41) is 3.13. The predicted octanol–water partition coefficient (Wildman–Crippen LogP) is 1.74. The van der Waals surface area contributed by atoms with Gasteiger partial charge in [-0.3, -0.25) is 0 Å². The Morgan fingerprint density at radius 2 is 1.90 bits per heavy atom. The fourth-order valence-corrected chi connectivity index (χ4v) is 3.13. The second kappa shape index (κ2) is 5.71. The van der Waals surface area contributed by atoms with E-state index in [1.165, 1.54) is 0 Å². The van der Waals surface area contributed by atoms with Crippen molar-refractivity contribution in [1.82, 2.24) is 10.0 Å². The van der Waals surface area contributed by atoms with E-state index in [-0.39, 0.29) is 17.5 Å². The van der Waals surface area contributed by atoms with Gasteiger partial charge in [0.25, 0.3) is 0 Å². The molecule has 0 spiro atoms. The Labute approximate surface area is 115 Å². The van der Waals surface area contributed by atoms with Gasteiger partial charge in [0.15, 0.2) is 0 Å². The summed E-state index contributed by atoms with van der Waals surface area (Å²) < 4.78 is 63.4. The van der Waals surface area contributed by atoms with Crippen molar-refractivity contribution in [2.75, 3.05) is 13.1 Å². The van der Waals surface area contributed by atoms with Crippen molar-refractivity contribution in [2.45, 2.75) is 30.0 Å². The molecule has 112 valence electrons. The lowest BCUT2D eigenvalue weighted by Crippen LogP contribution is -2.37. The lowest BCUT2D eigenvalue weighted by Gasteiger charge is -2.12. The molecule has 1 aromatic rings.